The second kappa shape index (κ2) is 8.24. The van der Waals surface area contributed by atoms with Crippen molar-refractivity contribution < 1.29 is 9.59 Å². The van der Waals surface area contributed by atoms with Crippen molar-refractivity contribution in [2.24, 2.45) is 0 Å². The molecule has 8 heteroatoms. The number of likely N-dealkylation sites (N-methyl/N-ethyl adjacent to an activating group) is 1. The van der Waals surface area contributed by atoms with Crippen molar-refractivity contribution in [1.82, 2.24) is 19.9 Å². The van der Waals surface area contributed by atoms with E-state index >= 15 is 0 Å². The Balaban J connectivity index is 1.73. The van der Waals surface area contributed by atoms with Crippen LogP contribution in [0, 0.1) is 0 Å². The van der Waals surface area contributed by atoms with Gasteiger partial charge < -0.3 is 15.5 Å². The van der Waals surface area contributed by atoms with Gasteiger partial charge in [-0.2, -0.15) is 0 Å². The van der Waals surface area contributed by atoms with Gasteiger partial charge in [0.1, 0.15) is 0 Å². The van der Waals surface area contributed by atoms with Crippen molar-refractivity contribution in [2.75, 3.05) is 31.3 Å². The maximum atomic E-state index is 12.5. The lowest BCUT2D eigenvalue weighted by Crippen LogP contribution is -2.27. The maximum Gasteiger partial charge on any atom is 0.277 e. The molecule has 1 heterocycles. The monoisotopic (exact) mass is 364 g/mol. The highest BCUT2D eigenvalue weighted by molar-refractivity contribution is 6.06. The Hall–Kier alpha value is -3.52. The van der Waals surface area contributed by atoms with Crippen molar-refractivity contribution in [1.29, 1.82) is 0 Å². The molecule has 0 spiro atoms. The second-order valence-electron chi connectivity index (χ2n) is 6.17. The molecular formula is C19H20N6O2. The van der Waals surface area contributed by atoms with Gasteiger partial charge in [0.15, 0.2) is 5.69 Å². The Kier molecular flexibility index (Phi) is 5.58. The van der Waals surface area contributed by atoms with Crippen LogP contribution in [0.2, 0.25) is 0 Å². The van der Waals surface area contributed by atoms with Crippen molar-refractivity contribution in [3.8, 4) is 5.69 Å². The molecule has 8 nitrogen and oxygen atoms in total. The zero-order valence-electron chi connectivity index (χ0n) is 15.1. The number of carbonyl (C=O) groups is 2. The Morgan fingerprint density at radius 1 is 0.963 bits per heavy atom. The number of amides is 2. The molecule has 2 amide bonds. The molecule has 0 atom stereocenters. The lowest BCUT2D eigenvalue weighted by Gasteiger charge is -2.13. The molecule has 0 bridgehead atoms. The van der Waals surface area contributed by atoms with E-state index in [1.807, 2.05) is 44.4 Å². The van der Waals surface area contributed by atoms with E-state index in [2.05, 4.69) is 20.9 Å². The molecule has 0 aliphatic rings. The molecule has 0 aliphatic carbocycles. The standard InChI is InChI=1S/C19H20N6O2/c1-24(2)13-18(26)20-15-10-6-7-11-16(15)21-19(27)17-12-25(23-22-17)14-8-4-3-5-9-14/h3-12H,13H2,1-2H3,(H,20,26)(H,21,27). The highest BCUT2D eigenvalue weighted by Gasteiger charge is 2.14. The number of rotatable bonds is 6. The van der Waals surface area contributed by atoms with Crippen LogP contribution < -0.4 is 10.6 Å². The van der Waals surface area contributed by atoms with E-state index in [-0.39, 0.29) is 18.1 Å². The van der Waals surface area contributed by atoms with Gasteiger partial charge in [-0.15, -0.1) is 5.10 Å². The average Bonchev–Trinajstić information content (AvgIpc) is 3.14. The second-order valence-corrected chi connectivity index (χ2v) is 6.17. The van der Waals surface area contributed by atoms with Crippen molar-refractivity contribution in [3.05, 3.63) is 66.5 Å². The van der Waals surface area contributed by atoms with Gasteiger partial charge >= 0.3 is 0 Å². The summed E-state index contributed by atoms with van der Waals surface area (Å²) in [5, 5.41) is 13.5. The Morgan fingerprint density at radius 2 is 1.59 bits per heavy atom. The van der Waals surface area contributed by atoms with Crippen molar-refractivity contribution >= 4 is 23.2 Å². The van der Waals surface area contributed by atoms with Gasteiger partial charge in [0, 0.05) is 0 Å². The maximum absolute atomic E-state index is 12.5. The molecule has 3 aromatic rings. The van der Waals surface area contributed by atoms with Crippen LogP contribution in [0.4, 0.5) is 11.4 Å². The molecule has 2 aromatic carbocycles. The zero-order chi connectivity index (χ0) is 19.2. The van der Waals surface area contributed by atoms with Crippen LogP contribution in [0.3, 0.4) is 0 Å². The summed E-state index contributed by atoms with van der Waals surface area (Å²) in [5.74, 6) is -0.580. The first kappa shape index (κ1) is 18.3. The SMILES string of the molecule is CN(C)CC(=O)Nc1ccccc1NC(=O)c1cn(-c2ccccc2)nn1. The van der Waals surface area contributed by atoms with E-state index < -0.39 is 5.91 Å². The van der Waals surface area contributed by atoms with Crippen molar-refractivity contribution in [3.63, 3.8) is 0 Å². The molecular weight excluding hydrogens is 344 g/mol. The van der Waals surface area contributed by atoms with Gasteiger partial charge in [-0.1, -0.05) is 35.5 Å². The summed E-state index contributed by atoms with van der Waals surface area (Å²) in [6.07, 6.45) is 1.55. The normalized spacial score (nSPS) is 10.6. The summed E-state index contributed by atoms with van der Waals surface area (Å²) in [7, 11) is 3.62. The average molecular weight is 364 g/mol. The van der Waals surface area contributed by atoms with E-state index in [1.54, 1.807) is 35.4 Å². The molecule has 1 aromatic heterocycles. The van der Waals surface area contributed by atoms with Crippen LogP contribution in [-0.2, 0) is 4.79 Å². The molecule has 0 radical (unpaired) electrons. The van der Waals surface area contributed by atoms with E-state index in [0.717, 1.165) is 5.69 Å². The van der Waals surface area contributed by atoms with E-state index in [0.29, 0.717) is 11.4 Å². The summed E-state index contributed by atoms with van der Waals surface area (Å²) >= 11 is 0. The summed E-state index contributed by atoms with van der Waals surface area (Å²) < 4.78 is 1.53. The Morgan fingerprint density at radius 3 is 2.26 bits per heavy atom. The summed E-state index contributed by atoms with van der Waals surface area (Å²) in [6.45, 7) is 0.244. The lowest BCUT2D eigenvalue weighted by atomic mass is 10.2. The third kappa shape index (κ3) is 4.77. The van der Waals surface area contributed by atoms with Crippen LogP contribution in [0.15, 0.2) is 60.8 Å². The van der Waals surface area contributed by atoms with Gasteiger partial charge in [-0.25, -0.2) is 4.68 Å². The van der Waals surface area contributed by atoms with Crippen LogP contribution in [0.1, 0.15) is 10.5 Å². The summed E-state index contributed by atoms with van der Waals surface area (Å²) in [6, 6.07) is 16.4. The number of hydrogen-bond acceptors (Lipinski definition) is 5. The fraction of sp³-hybridized carbons (Fsp3) is 0.158. The Labute approximate surface area is 156 Å². The smallest absolute Gasteiger partial charge is 0.277 e. The summed E-state index contributed by atoms with van der Waals surface area (Å²) in [4.78, 5) is 26.3. The zero-order valence-corrected chi connectivity index (χ0v) is 15.1. The van der Waals surface area contributed by atoms with Crippen LogP contribution in [0.5, 0.6) is 0 Å². The number of hydrogen-bond donors (Lipinski definition) is 2. The molecule has 0 fully saturated rings. The van der Waals surface area contributed by atoms with Crippen LogP contribution >= 0.6 is 0 Å². The molecule has 0 saturated heterocycles. The van der Waals surface area contributed by atoms with E-state index in [4.69, 9.17) is 0 Å². The first-order chi connectivity index (χ1) is 13.0. The fourth-order valence-corrected chi connectivity index (χ4v) is 2.44. The predicted octanol–water partition coefficient (Wildman–Crippen LogP) is 2.02. The largest absolute Gasteiger partial charge is 0.323 e. The molecule has 138 valence electrons. The Bertz CT molecular complexity index is 936. The third-order valence-corrected chi connectivity index (χ3v) is 3.66. The highest BCUT2D eigenvalue weighted by atomic mass is 16.2. The highest BCUT2D eigenvalue weighted by Crippen LogP contribution is 2.21. The molecule has 0 unspecified atom stereocenters. The number of para-hydroxylation sites is 3. The number of benzene rings is 2. The lowest BCUT2D eigenvalue weighted by molar-refractivity contribution is -0.116. The topological polar surface area (TPSA) is 92.2 Å². The fourth-order valence-electron chi connectivity index (χ4n) is 2.44. The first-order valence-electron chi connectivity index (χ1n) is 8.35. The van der Waals surface area contributed by atoms with E-state index in [9.17, 15) is 9.59 Å². The van der Waals surface area contributed by atoms with Crippen LogP contribution in [-0.4, -0.2) is 52.3 Å². The first-order valence-corrected chi connectivity index (χ1v) is 8.35. The summed E-state index contributed by atoms with van der Waals surface area (Å²) in [5.41, 5.74) is 1.99. The van der Waals surface area contributed by atoms with Gasteiger partial charge in [0.25, 0.3) is 5.91 Å². The van der Waals surface area contributed by atoms with Crippen LogP contribution in [0.25, 0.3) is 5.69 Å². The number of nitrogens with zero attached hydrogens (tertiary/aromatic N) is 4. The van der Waals surface area contributed by atoms with Gasteiger partial charge in [0.05, 0.1) is 29.8 Å². The predicted molar refractivity (Wildman–Crippen MR) is 103 cm³/mol. The number of anilines is 2. The number of nitrogens with one attached hydrogen (secondary N) is 2. The molecule has 0 saturated carbocycles. The third-order valence-electron chi connectivity index (χ3n) is 3.66. The molecule has 2 N–H and O–H groups in total. The minimum absolute atomic E-state index is 0.170. The minimum atomic E-state index is -0.411. The number of aromatic nitrogens is 3. The minimum Gasteiger partial charge on any atom is -0.323 e. The quantitative estimate of drug-likeness (QED) is 0.698. The van der Waals surface area contributed by atoms with E-state index in [1.165, 1.54) is 4.68 Å². The molecule has 0 aliphatic heterocycles. The van der Waals surface area contributed by atoms with Gasteiger partial charge in [-0.3, -0.25) is 9.59 Å². The van der Waals surface area contributed by atoms with Gasteiger partial charge in [-0.05, 0) is 38.4 Å². The van der Waals surface area contributed by atoms with Crippen molar-refractivity contribution in [2.45, 2.75) is 0 Å². The number of carbonyl (C=O) groups excluding carboxylic acids is 2. The molecule has 3 rings (SSSR count). The molecule has 27 heavy (non-hydrogen) atoms. The van der Waals surface area contributed by atoms with Gasteiger partial charge in [0.2, 0.25) is 5.91 Å².